The predicted molar refractivity (Wildman–Crippen MR) is 134 cm³/mol. The molecule has 2 aliphatic heterocycles. The van der Waals surface area contributed by atoms with E-state index in [0.717, 1.165) is 5.56 Å². The summed E-state index contributed by atoms with van der Waals surface area (Å²) in [4.78, 5) is 58.8. The zero-order valence-corrected chi connectivity index (χ0v) is 19.9. The van der Waals surface area contributed by atoms with Crippen LogP contribution in [-0.4, -0.2) is 52.9 Å². The van der Waals surface area contributed by atoms with Gasteiger partial charge in [0.2, 0.25) is 23.7 Å². The van der Waals surface area contributed by atoms with Crippen LogP contribution in [0.1, 0.15) is 43.2 Å². The maximum Gasteiger partial charge on any atom is 0.258 e. The Kier molecular flexibility index (Phi) is 8.10. The van der Waals surface area contributed by atoms with Crippen LogP contribution in [0.4, 0.5) is 17.5 Å². The largest absolute Gasteiger partial charge is 0.494 e. The molecule has 1 fully saturated rings. The van der Waals surface area contributed by atoms with Gasteiger partial charge >= 0.3 is 0 Å². The number of piperidine rings is 1. The fraction of sp³-hybridized carbons (Fsp3) is 0.375. The van der Waals surface area contributed by atoms with Crippen molar-refractivity contribution in [2.24, 2.45) is 11.7 Å². The van der Waals surface area contributed by atoms with Crippen molar-refractivity contribution >= 4 is 40.9 Å². The van der Waals surface area contributed by atoms with Crippen LogP contribution in [0.5, 0.6) is 0 Å². The molecule has 192 valence electrons. The smallest absolute Gasteiger partial charge is 0.258 e. The zero-order chi connectivity index (χ0) is 25.1. The lowest BCUT2D eigenvalue weighted by Gasteiger charge is -2.32. The first-order valence-electron chi connectivity index (χ1n) is 11.5. The van der Waals surface area contributed by atoms with Gasteiger partial charge in [-0.25, -0.2) is 0 Å². The standard InChI is InChI=1S/C24H28N6O5.H2O/c1-3-35-13(2)14-4-6-16(7-5-14)26-22(33)17-12-18(31)27-21-19(17)23(34)29-24(28-21)30-10-8-15(9-11-30)20(25)32;/h4-7,15,17H,2-3,8-12H2,1H3,(H2,25,32)(H,26,33)(H2,27,28,29,31,34);1H2. The topological polar surface area (TPSA) is 191 Å². The van der Waals surface area contributed by atoms with E-state index in [0.29, 0.717) is 44.0 Å². The molecule has 3 heterocycles. The Labute approximate surface area is 207 Å². The maximum atomic E-state index is 13.1. The first-order chi connectivity index (χ1) is 16.8. The van der Waals surface area contributed by atoms with E-state index in [1.807, 2.05) is 11.8 Å². The maximum absolute atomic E-state index is 13.1. The van der Waals surface area contributed by atoms with Crippen molar-refractivity contribution in [1.82, 2.24) is 9.97 Å². The summed E-state index contributed by atoms with van der Waals surface area (Å²) in [5.74, 6) is -1.57. The lowest BCUT2D eigenvalue weighted by Crippen LogP contribution is -2.41. The van der Waals surface area contributed by atoms with E-state index in [1.165, 1.54) is 0 Å². The molecule has 0 radical (unpaired) electrons. The molecule has 1 atom stereocenters. The fourth-order valence-corrected chi connectivity index (χ4v) is 4.34. The number of ether oxygens (including phenoxy) is 1. The molecule has 12 heteroatoms. The van der Waals surface area contributed by atoms with Gasteiger partial charge < -0.3 is 31.5 Å². The fourth-order valence-electron chi connectivity index (χ4n) is 4.34. The van der Waals surface area contributed by atoms with Gasteiger partial charge in [0, 0.05) is 36.7 Å². The first kappa shape index (κ1) is 26.4. The Morgan fingerprint density at radius 3 is 2.50 bits per heavy atom. The number of carbonyl (C=O) groups excluding carboxylic acids is 3. The molecule has 0 bridgehead atoms. The van der Waals surface area contributed by atoms with Gasteiger partial charge in [-0.2, -0.15) is 4.98 Å². The lowest BCUT2D eigenvalue weighted by atomic mass is 9.92. The highest BCUT2D eigenvalue weighted by Crippen LogP contribution is 2.31. The Hall–Kier alpha value is -4.19. The second kappa shape index (κ2) is 11.0. The number of nitrogens with zero attached hydrogens (tertiary/aromatic N) is 2. The highest BCUT2D eigenvalue weighted by Gasteiger charge is 2.35. The predicted octanol–water partition coefficient (Wildman–Crippen LogP) is 0.719. The number of carbonyl (C=O) groups is 3. The second-order valence-corrected chi connectivity index (χ2v) is 8.54. The van der Waals surface area contributed by atoms with E-state index in [2.05, 4.69) is 27.2 Å². The van der Waals surface area contributed by atoms with E-state index < -0.39 is 23.3 Å². The Bertz CT molecular complexity index is 1220. The number of nitrogens with two attached hydrogens (primary N) is 1. The Morgan fingerprint density at radius 1 is 1.22 bits per heavy atom. The number of aromatic amines is 1. The van der Waals surface area contributed by atoms with E-state index >= 15 is 0 Å². The minimum atomic E-state index is -0.997. The molecule has 0 spiro atoms. The SMILES string of the molecule is C=C(OCC)c1ccc(NC(=O)C2CC(=O)Nc3nc(N4CCC(C(N)=O)CC4)[nH]c(=O)c32)cc1.O. The van der Waals surface area contributed by atoms with Crippen molar-refractivity contribution in [2.45, 2.75) is 32.1 Å². The minimum absolute atomic E-state index is 0. The molecular weight excluding hydrogens is 468 g/mol. The summed E-state index contributed by atoms with van der Waals surface area (Å²) in [6, 6.07) is 6.92. The average Bonchev–Trinajstić information content (AvgIpc) is 2.83. The molecule has 1 unspecified atom stereocenters. The second-order valence-electron chi connectivity index (χ2n) is 8.54. The number of H-pyrrole nitrogens is 1. The highest BCUT2D eigenvalue weighted by molar-refractivity contribution is 6.04. The van der Waals surface area contributed by atoms with Crippen LogP contribution in [-0.2, 0) is 19.1 Å². The first-order valence-corrected chi connectivity index (χ1v) is 11.5. The number of primary amides is 1. The van der Waals surface area contributed by atoms with Gasteiger partial charge in [0.05, 0.1) is 18.1 Å². The van der Waals surface area contributed by atoms with Crippen LogP contribution in [0.15, 0.2) is 35.6 Å². The number of fused-ring (bicyclic) bond motifs is 1. The number of benzene rings is 1. The van der Waals surface area contributed by atoms with Crippen molar-refractivity contribution in [3.05, 3.63) is 52.3 Å². The molecule has 36 heavy (non-hydrogen) atoms. The van der Waals surface area contributed by atoms with Crippen molar-refractivity contribution in [3.63, 3.8) is 0 Å². The average molecular weight is 499 g/mol. The third-order valence-electron chi connectivity index (χ3n) is 6.24. The van der Waals surface area contributed by atoms with E-state index in [-0.39, 0.29) is 41.1 Å². The molecule has 1 saturated heterocycles. The van der Waals surface area contributed by atoms with Crippen molar-refractivity contribution < 1.29 is 24.6 Å². The molecule has 0 saturated carbocycles. The summed E-state index contributed by atoms with van der Waals surface area (Å²) in [5.41, 5.74) is 6.29. The van der Waals surface area contributed by atoms with E-state index in [9.17, 15) is 19.2 Å². The molecule has 7 N–H and O–H groups in total. The summed E-state index contributed by atoms with van der Waals surface area (Å²) in [6.07, 6.45) is 0.917. The van der Waals surface area contributed by atoms with Gasteiger partial charge in [0.25, 0.3) is 5.56 Å². The number of hydrogen-bond acceptors (Lipinski definition) is 7. The molecule has 3 amide bonds. The molecular formula is C24H30N6O6. The minimum Gasteiger partial charge on any atom is -0.494 e. The van der Waals surface area contributed by atoms with E-state index in [1.54, 1.807) is 24.3 Å². The lowest BCUT2D eigenvalue weighted by molar-refractivity contribution is -0.123. The number of rotatable bonds is 7. The third kappa shape index (κ3) is 5.54. The van der Waals surface area contributed by atoms with Gasteiger partial charge in [-0.3, -0.25) is 24.2 Å². The van der Waals surface area contributed by atoms with Gasteiger partial charge in [0.15, 0.2) is 0 Å². The number of anilines is 3. The summed E-state index contributed by atoms with van der Waals surface area (Å²) in [5, 5.41) is 5.38. The quantitative estimate of drug-likeness (QED) is 0.404. The molecule has 4 rings (SSSR count). The number of amides is 3. The molecule has 12 nitrogen and oxygen atoms in total. The summed E-state index contributed by atoms with van der Waals surface area (Å²) >= 11 is 0. The van der Waals surface area contributed by atoms with Crippen molar-refractivity contribution in [3.8, 4) is 0 Å². The number of nitrogens with one attached hydrogen (secondary N) is 3. The van der Waals surface area contributed by atoms with E-state index in [4.69, 9.17) is 10.5 Å². The summed E-state index contributed by atoms with van der Waals surface area (Å²) < 4.78 is 5.38. The molecule has 1 aromatic heterocycles. The highest BCUT2D eigenvalue weighted by atomic mass is 16.5. The van der Waals surface area contributed by atoms with Gasteiger partial charge in [-0.1, -0.05) is 6.58 Å². The summed E-state index contributed by atoms with van der Waals surface area (Å²) in [7, 11) is 0. The van der Waals surface area contributed by atoms with Crippen molar-refractivity contribution in [2.75, 3.05) is 35.2 Å². The van der Waals surface area contributed by atoms with Crippen molar-refractivity contribution in [1.29, 1.82) is 0 Å². The molecule has 0 aliphatic carbocycles. The zero-order valence-electron chi connectivity index (χ0n) is 19.9. The summed E-state index contributed by atoms with van der Waals surface area (Å²) in [6.45, 7) is 7.18. The van der Waals surface area contributed by atoms with Crippen LogP contribution in [0, 0.1) is 5.92 Å². The molecule has 2 aliphatic rings. The monoisotopic (exact) mass is 498 g/mol. The third-order valence-corrected chi connectivity index (χ3v) is 6.24. The van der Waals surface area contributed by atoms with Gasteiger partial charge in [-0.05, 0) is 44.0 Å². The van der Waals surface area contributed by atoms with Gasteiger partial charge in [-0.15, -0.1) is 0 Å². The molecule has 2 aromatic rings. The Balaban J connectivity index is 0.00000361. The van der Waals surface area contributed by atoms with Gasteiger partial charge in [0.1, 0.15) is 11.6 Å². The van der Waals surface area contributed by atoms with Crippen LogP contribution in [0.3, 0.4) is 0 Å². The van der Waals surface area contributed by atoms with Crippen LogP contribution < -0.4 is 26.8 Å². The van der Waals surface area contributed by atoms with Crippen LogP contribution in [0.2, 0.25) is 0 Å². The normalized spacial score (nSPS) is 17.3. The van der Waals surface area contributed by atoms with Crippen LogP contribution >= 0.6 is 0 Å². The number of hydrogen-bond donors (Lipinski definition) is 4. The number of aromatic nitrogens is 2. The molecule has 1 aromatic carbocycles. The van der Waals surface area contributed by atoms with Crippen LogP contribution in [0.25, 0.3) is 5.76 Å². The Morgan fingerprint density at radius 2 is 1.89 bits per heavy atom.